The van der Waals surface area contributed by atoms with E-state index in [0.717, 1.165) is 25.9 Å². The van der Waals surface area contributed by atoms with Crippen LogP contribution in [-0.2, 0) is 0 Å². The van der Waals surface area contributed by atoms with Crippen molar-refractivity contribution in [3.05, 3.63) is 34.4 Å². The molecule has 1 aliphatic heterocycles. The molecule has 0 amide bonds. The topological polar surface area (TPSA) is 85.3 Å². The maximum Gasteiger partial charge on any atom is 0.324 e. The van der Waals surface area contributed by atoms with Crippen molar-refractivity contribution in [3.8, 4) is 11.4 Å². The molecule has 20 heavy (non-hydrogen) atoms. The van der Waals surface area contributed by atoms with Gasteiger partial charge in [-0.3, -0.25) is 10.1 Å². The van der Waals surface area contributed by atoms with Gasteiger partial charge >= 0.3 is 6.01 Å². The summed E-state index contributed by atoms with van der Waals surface area (Å²) in [6.07, 6.45) is 3.50. The first-order valence-electron chi connectivity index (χ1n) is 6.57. The van der Waals surface area contributed by atoms with Crippen LogP contribution in [0.3, 0.4) is 0 Å². The molecule has 7 heteroatoms. The number of nitrogens with zero attached hydrogens (tertiary/aromatic N) is 4. The van der Waals surface area contributed by atoms with Gasteiger partial charge in [0.1, 0.15) is 0 Å². The second kappa shape index (κ2) is 5.28. The van der Waals surface area contributed by atoms with E-state index >= 15 is 0 Å². The van der Waals surface area contributed by atoms with Gasteiger partial charge in [0.15, 0.2) is 0 Å². The first-order chi connectivity index (χ1) is 9.74. The fraction of sp³-hybridized carbons (Fsp3) is 0.385. The minimum absolute atomic E-state index is 0.0495. The maximum atomic E-state index is 10.6. The fourth-order valence-corrected chi connectivity index (χ4v) is 2.28. The Kier molecular flexibility index (Phi) is 3.32. The summed E-state index contributed by atoms with van der Waals surface area (Å²) < 4.78 is 5.27. The highest BCUT2D eigenvalue weighted by atomic mass is 16.6. The monoisotopic (exact) mass is 274 g/mol. The van der Waals surface area contributed by atoms with Crippen LogP contribution in [0.15, 0.2) is 28.8 Å². The molecular weight excluding hydrogens is 260 g/mol. The SMILES string of the molecule is O=[N+]([O-])c1ccc(-c2noc(N3CCCCC3)n2)cc1. The van der Waals surface area contributed by atoms with Crippen LogP contribution in [0.5, 0.6) is 0 Å². The lowest BCUT2D eigenvalue weighted by atomic mass is 10.1. The molecule has 0 radical (unpaired) electrons. The Morgan fingerprint density at radius 3 is 2.50 bits per heavy atom. The lowest BCUT2D eigenvalue weighted by Gasteiger charge is -2.23. The van der Waals surface area contributed by atoms with Gasteiger partial charge in [0.25, 0.3) is 5.69 Å². The van der Waals surface area contributed by atoms with Gasteiger partial charge in [-0.2, -0.15) is 4.98 Å². The Morgan fingerprint density at radius 1 is 1.15 bits per heavy atom. The molecule has 0 spiro atoms. The number of piperidine rings is 1. The lowest BCUT2D eigenvalue weighted by Crippen LogP contribution is -2.29. The smallest absolute Gasteiger partial charge is 0.324 e. The molecule has 0 saturated carbocycles. The van der Waals surface area contributed by atoms with E-state index in [9.17, 15) is 10.1 Å². The van der Waals surface area contributed by atoms with Gasteiger partial charge in [-0.25, -0.2) is 0 Å². The van der Waals surface area contributed by atoms with E-state index in [1.165, 1.54) is 18.6 Å². The highest BCUT2D eigenvalue weighted by Crippen LogP contribution is 2.23. The number of aromatic nitrogens is 2. The van der Waals surface area contributed by atoms with Crippen molar-refractivity contribution in [1.29, 1.82) is 0 Å². The molecule has 1 fully saturated rings. The molecule has 1 saturated heterocycles. The number of hydrogen-bond acceptors (Lipinski definition) is 6. The van der Waals surface area contributed by atoms with Crippen LogP contribution in [-0.4, -0.2) is 28.2 Å². The molecule has 2 aromatic rings. The Bertz CT molecular complexity index is 602. The van der Waals surface area contributed by atoms with E-state index in [2.05, 4.69) is 15.0 Å². The number of nitro groups is 1. The zero-order valence-corrected chi connectivity index (χ0v) is 10.9. The summed E-state index contributed by atoms with van der Waals surface area (Å²) in [5, 5.41) is 14.5. The summed E-state index contributed by atoms with van der Waals surface area (Å²) in [6, 6.07) is 6.66. The molecule has 1 aliphatic rings. The average Bonchev–Trinajstić information content (AvgIpc) is 2.98. The summed E-state index contributed by atoms with van der Waals surface area (Å²) in [6.45, 7) is 1.86. The third kappa shape index (κ3) is 2.47. The third-order valence-electron chi connectivity index (χ3n) is 3.38. The van der Waals surface area contributed by atoms with Gasteiger partial charge in [0.2, 0.25) is 5.82 Å². The zero-order chi connectivity index (χ0) is 13.9. The van der Waals surface area contributed by atoms with Crippen molar-refractivity contribution >= 4 is 11.7 Å². The number of rotatable bonds is 3. The van der Waals surface area contributed by atoms with E-state index in [0.29, 0.717) is 17.4 Å². The van der Waals surface area contributed by atoms with E-state index in [-0.39, 0.29) is 5.69 Å². The Balaban J connectivity index is 1.80. The van der Waals surface area contributed by atoms with Crippen molar-refractivity contribution in [2.45, 2.75) is 19.3 Å². The second-order valence-corrected chi connectivity index (χ2v) is 4.75. The minimum Gasteiger partial charge on any atom is -0.324 e. The predicted octanol–water partition coefficient (Wildman–Crippen LogP) is 2.64. The number of hydrogen-bond donors (Lipinski definition) is 0. The summed E-state index contributed by atoms with van der Waals surface area (Å²) in [5.74, 6) is 0.459. The van der Waals surface area contributed by atoms with Gasteiger partial charge in [-0.05, 0) is 31.4 Å². The quantitative estimate of drug-likeness (QED) is 0.631. The molecule has 1 aromatic carbocycles. The van der Waals surface area contributed by atoms with E-state index in [1.807, 2.05) is 0 Å². The highest BCUT2D eigenvalue weighted by molar-refractivity contribution is 5.57. The van der Waals surface area contributed by atoms with E-state index in [4.69, 9.17) is 4.52 Å². The van der Waals surface area contributed by atoms with Gasteiger partial charge in [-0.1, -0.05) is 5.16 Å². The standard InChI is InChI=1S/C13H14N4O3/c18-17(19)11-6-4-10(5-7-11)12-14-13(20-15-12)16-8-2-1-3-9-16/h4-7H,1-3,8-9H2. The van der Waals surface area contributed by atoms with Crippen LogP contribution in [0.1, 0.15) is 19.3 Å². The summed E-state index contributed by atoms with van der Waals surface area (Å²) in [5.41, 5.74) is 0.760. The number of anilines is 1. The minimum atomic E-state index is -0.431. The predicted molar refractivity (Wildman–Crippen MR) is 72.5 cm³/mol. The van der Waals surface area contributed by atoms with Crippen LogP contribution in [0.2, 0.25) is 0 Å². The normalized spacial score (nSPS) is 15.3. The van der Waals surface area contributed by atoms with Crippen LogP contribution < -0.4 is 4.90 Å². The average molecular weight is 274 g/mol. The van der Waals surface area contributed by atoms with E-state index in [1.54, 1.807) is 12.1 Å². The number of benzene rings is 1. The van der Waals surface area contributed by atoms with Crippen molar-refractivity contribution in [2.75, 3.05) is 18.0 Å². The molecule has 104 valence electrons. The summed E-state index contributed by atoms with van der Waals surface area (Å²) in [4.78, 5) is 16.6. The van der Waals surface area contributed by atoms with Crippen molar-refractivity contribution in [1.82, 2.24) is 10.1 Å². The largest absolute Gasteiger partial charge is 0.324 e. The summed E-state index contributed by atoms with van der Waals surface area (Å²) >= 11 is 0. The first-order valence-corrected chi connectivity index (χ1v) is 6.57. The van der Waals surface area contributed by atoms with Gasteiger partial charge < -0.3 is 9.42 Å². The summed E-state index contributed by atoms with van der Waals surface area (Å²) in [7, 11) is 0. The Hall–Kier alpha value is -2.44. The van der Waals surface area contributed by atoms with Crippen molar-refractivity contribution in [3.63, 3.8) is 0 Å². The molecule has 0 atom stereocenters. The first kappa shape index (κ1) is 12.6. The molecule has 3 rings (SSSR count). The highest BCUT2D eigenvalue weighted by Gasteiger charge is 2.18. The Labute approximate surface area is 115 Å². The molecule has 2 heterocycles. The number of nitro benzene ring substituents is 1. The van der Waals surface area contributed by atoms with Crippen molar-refractivity contribution in [2.24, 2.45) is 0 Å². The second-order valence-electron chi connectivity index (χ2n) is 4.75. The van der Waals surface area contributed by atoms with Gasteiger partial charge in [0.05, 0.1) is 4.92 Å². The molecule has 0 aliphatic carbocycles. The van der Waals surface area contributed by atoms with Crippen LogP contribution in [0, 0.1) is 10.1 Å². The van der Waals surface area contributed by atoms with Crippen LogP contribution in [0.4, 0.5) is 11.7 Å². The fourth-order valence-electron chi connectivity index (χ4n) is 2.28. The van der Waals surface area contributed by atoms with Gasteiger partial charge in [-0.15, -0.1) is 0 Å². The van der Waals surface area contributed by atoms with Crippen molar-refractivity contribution < 1.29 is 9.45 Å². The molecule has 7 nitrogen and oxygen atoms in total. The zero-order valence-electron chi connectivity index (χ0n) is 10.9. The van der Waals surface area contributed by atoms with Crippen LogP contribution in [0.25, 0.3) is 11.4 Å². The van der Waals surface area contributed by atoms with Gasteiger partial charge in [0, 0.05) is 30.8 Å². The third-order valence-corrected chi connectivity index (χ3v) is 3.38. The number of non-ortho nitro benzene ring substituents is 1. The molecule has 0 unspecified atom stereocenters. The Morgan fingerprint density at radius 2 is 1.85 bits per heavy atom. The molecule has 1 aromatic heterocycles. The lowest BCUT2D eigenvalue weighted by molar-refractivity contribution is -0.384. The van der Waals surface area contributed by atoms with E-state index < -0.39 is 4.92 Å². The molecular formula is C13H14N4O3. The maximum absolute atomic E-state index is 10.6. The molecule has 0 N–H and O–H groups in total. The molecule has 0 bridgehead atoms. The van der Waals surface area contributed by atoms with Crippen LogP contribution >= 0.6 is 0 Å².